The van der Waals surface area contributed by atoms with E-state index < -0.39 is 0 Å². The summed E-state index contributed by atoms with van der Waals surface area (Å²) in [6, 6.07) is 23.1. The second-order valence-electron chi connectivity index (χ2n) is 7.03. The average Bonchev–Trinajstić information content (AvgIpc) is 3.23. The normalized spacial score (nSPS) is 10.6. The minimum absolute atomic E-state index is 0.141. The lowest BCUT2D eigenvalue weighted by atomic mass is 10.1. The second-order valence-corrected chi connectivity index (χ2v) is 7.97. The quantitative estimate of drug-likeness (QED) is 0.301. The molecule has 4 aromatic rings. The van der Waals surface area contributed by atoms with E-state index in [1.807, 2.05) is 60.7 Å². The third-order valence-electron chi connectivity index (χ3n) is 4.91. The van der Waals surface area contributed by atoms with Crippen molar-refractivity contribution in [2.45, 2.75) is 5.16 Å². The summed E-state index contributed by atoms with van der Waals surface area (Å²) in [6.45, 7) is 0. The molecule has 1 heterocycles. The van der Waals surface area contributed by atoms with Crippen molar-refractivity contribution in [2.24, 2.45) is 0 Å². The number of carbonyl (C=O) groups excluding carboxylic acids is 1. The molecule has 3 N–H and O–H groups in total. The molecule has 0 saturated carbocycles. The Kier molecular flexibility index (Phi) is 6.80. The van der Waals surface area contributed by atoms with Gasteiger partial charge in [0.25, 0.3) is 0 Å². The first-order valence-electron chi connectivity index (χ1n) is 10.1. The van der Waals surface area contributed by atoms with Crippen LogP contribution in [0.4, 0.5) is 5.69 Å². The predicted molar refractivity (Wildman–Crippen MR) is 130 cm³/mol. The summed E-state index contributed by atoms with van der Waals surface area (Å²) < 4.78 is 11.9. The fourth-order valence-electron chi connectivity index (χ4n) is 3.25. The number of thioether (sulfide) groups is 1. The number of aromatic nitrogens is 3. The summed E-state index contributed by atoms with van der Waals surface area (Å²) in [7, 11) is 3.13. The standard InChI is InChI=1S/C24H23N5O3S/c1-31-20-13-10-18(14-21(20)32-2)23-27-28-24(29(23)25)33-15-22(30)26-19-11-8-17(9-12-19)16-6-4-3-5-7-16/h3-14H,15,25H2,1-2H3,(H,26,30). The number of hydrogen-bond donors (Lipinski definition) is 2. The van der Waals surface area contributed by atoms with Gasteiger partial charge in [0.2, 0.25) is 11.1 Å². The van der Waals surface area contributed by atoms with Crippen LogP contribution in [0.25, 0.3) is 22.5 Å². The van der Waals surface area contributed by atoms with Crippen LogP contribution in [0.5, 0.6) is 11.5 Å². The smallest absolute Gasteiger partial charge is 0.234 e. The maximum Gasteiger partial charge on any atom is 0.234 e. The van der Waals surface area contributed by atoms with Gasteiger partial charge in [-0.25, -0.2) is 4.68 Å². The first kappa shape index (κ1) is 22.2. The van der Waals surface area contributed by atoms with Crippen molar-refractivity contribution >= 4 is 23.4 Å². The van der Waals surface area contributed by atoms with Gasteiger partial charge in [0.1, 0.15) is 0 Å². The first-order valence-corrected chi connectivity index (χ1v) is 11.1. The van der Waals surface area contributed by atoms with Gasteiger partial charge in [-0.1, -0.05) is 54.2 Å². The van der Waals surface area contributed by atoms with Gasteiger partial charge in [0.05, 0.1) is 20.0 Å². The summed E-state index contributed by atoms with van der Waals surface area (Å²) in [5.41, 5.74) is 3.65. The number of anilines is 1. The van der Waals surface area contributed by atoms with E-state index >= 15 is 0 Å². The number of rotatable bonds is 8. The average molecular weight is 462 g/mol. The van der Waals surface area contributed by atoms with Crippen molar-refractivity contribution in [3.05, 3.63) is 72.8 Å². The molecule has 0 spiro atoms. The number of benzene rings is 3. The number of nitrogens with two attached hydrogens (primary N) is 1. The lowest BCUT2D eigenvalue weighted by Crippen LogP contribution is -2.16. The highest BCUT2D eigenvalue weighted by molar-refractivity contribution is 7.99. The van der Waals surface area contributed by atoms with Crippen LogP contribution >= 0.6 is 11.8 Å². The lowest BCUT2D eigenvalue weighted by molar-refractivity contribution is -0.113. The Morgan fingerprint density at radius 3 is 2.27 bits per heavy atom. The van der Waals surface area contributed by atoms with Crippen LogP contribution in [0.15, 0.2) is 78.0 Å². The predicted octanol–water partition coefficient (Wildman–Crippen LogP) is 4.07. The summed E-state index contributed by atoms with van der Waals surface area (Å²) in [5.74, 6) is 7.77. The topological polar surface area (TPSA) is 104 Å². The number of nitrogens with zero attached hydrogens (tertiary/aromatic N) is 3. The molecule has 9 heteroatoms. The molecule has 0 fully saturated rings. The van der Waals surface area contributed by atoms with E-state index in [0.29, 0.717) is 22.5 Å². The van der Waals surface area contributed by atoms with E-state index in [4.69, 9.17) is 15.3 Å². The monoisotopic (exact) mass is 461 g/mol. The number of amides is 1. The Morgan fingerprint density at radius 1 is 0.909 bits per heavy atom. The molecule has 3 aromatic carbocycles. The number of hydrogen-bond acceptors (Lipinski definition) is 7. The van der Waals surface area contributed by atoms with Gasteiger partial charge in [-0.05, 0) is 41.5 Å². The van der Waals surface area contributed by atoms with Gasteiger partial charge in [-0.2, -0.15) is 0 Å². The summed E-state index contributed by atoms with van der Waals surface area (Å²) in [4.78, 5) is 12.4. The van der Waals surface area contributed by atoms with E-state index in [1.54, 1.807) is 26.4 Å². The highest BCUT2D eigenvalue weighted by Gasteiger charge is 2.16. The van der Waals surface area contributed by atoms with Crippen LogP contribution < -0.4 is 20.6 Å². The Hall–Kier alpha value is -3.98. The van der Waals surface area contributed by atoms with Crippen LogP contribution in [-0.2, 0) is 4.79 Å². The molecular weight excluding hydrogens is 438 g/mol. The Morgan fingerprint density at radius 2 is 1.58 bits per heavy atom. The summed E-state index contributed by atoms with van der Waals surface area (Å²) >= 11 is 1.20. The van der Waals surface area contributed by atoms with Crippen molar-refractivity contribution in [1.29, 1.82) is 0 Å². The largest absolute Gasteiger partial charge is 0.493 e. The SMILES string of the molecule is COc1ccc(-c2nnc(SCC(=O)Nc3ccc(-c4ccccc4)cc3)n2N)cc1OC. The summed E-state index contributed by atoms with van der Waals surface area (Å²) in [6.07, 6.45) is 0. The highest BCUT2D eigenvalue weighted by Crippen LogP contribution is 2.32. The Labute approximate surface area is 195 Å². The van der Waals surface area contributed by atoms with Gasteiger partial charge >= 0.3 is 0 Å². The van der Waals surface area contributed by atoms with E-state index in [1.165, 1.54) is 16.4 Å². The molecular formula is C24H23N5O3S. The van der Waals surface area contributed by atoms with Crippen molar-refractivity contribution in [1.82, 2.24) is 14.9 Å². The Bertz CT molecular complexity index is 1240. The zero-order valence-electron chi connectivity index (χ0n) is 18.2. The minimum Gasteiger partial charge on any atom is -0.493 e. The highest BCUT2D eigenvalue weighted by atomic mass is 32.2. The maximum atomic E-state index is 12.4. The molecule has 0 saturated heterocycles. The number of carbonyl (C=O) groups is 1. The first-order chi connectivity index (χ1) is 16.1. The molecule has 0 aliphatic heterocycles. The molecule has 168 valence electrons. The Balaban J connectivity index is 1.38. The molecule has 0 aliphatic carbocycles. The number of ether oxygens (including phenoxy) is 2. The molecule has 33 heavy (non-hydrogen) atoms. The second kappa shape index (κ2) is 10.1. The fraction of sp³-hybridized carbons (Fsp3) is 0.125. The molecule has 0 bridgehead atoms. The molecule has 0 unspecified atom stereocenters. The van der Waals surface area contributed by atoms with Crippen LogP contribution in [0, 0.1) is 0 Å². The van der Waals surface area contributed by atoms with Gasteiger partial charge in [0, 0.05) is 11.3 Å². The molecule has 1 aromatic heterocycles. The number of methoxy groups -OCH3 is 2. The van der Waals surface area contributed by atoms with E-state index in [0.717, 1.165) is 22.4 Å². The van der Waals surface area contributed by atoms with Crippen LogP contribution in [0.3, 0.4) is 0 Å². The molecule has 4 rings (SSSR count). The van der Waals surface area contributed by atoms with Crippen LogP contribution in [0.2, 0.25) is 0 Å². The van der Waals surface area contributed by atoms with Crippen molar-refractivity contribution in [3.63, 3.8) is 0 Å². The van der Waals surface area contributed by atoms with Gasteiger partial charge < -0.3 is 20.6 Å². The van der Waals surface area contributed by atoms with Crippen LogP contribution in [-0.4, -0.2) is 40.8 Å². The molecule has 0 aliphatic rings. The molecule has 8 nitrogen and oxygen atoms in total. The molecule has 0 atom stereocenters. The number of nitrogen functional groups attached to an aromatic ring is 1. The van der Waals surface area contributed by atoms with Gasteiger partial charge in [-0.3, -0.25) is 4.79 Å². The fourth-order valence-corrected chi connectivity index (χ4v) is 3.91. The van der Waals surface area contributed by atoms with Crippen molar-refractivity contribution in [3.8, 4) is 34.0 Å². The summed E-state index contributed by atoms with van der Waals surface area (Å²) in [5, 5.41) is 11.6. The lowest BCUT2D eigenvalue weighted by Gasteiger charge is -2.09. The molecule has 1 amide bonds. The van der Waals surface area contributed by atoms with Crippen molar-refractivity contribution < 1.29 is 14.3 Å². The minimum atomic E-state index is -0.164. The third-order valence-corrected chi connectivity index (χ3v) is 5.86. The molecule has 0 radical (unpaired) electrons. The zero-order valence-corrected chi connectivity index (χ0v) is 19.0. The van der Waals surface area contributed by atoms with Gasteiger partial charge in [0.15, 0.2) is 17.3 Å². The van der Waals surface area contributed by atoms with Gasteiger partial charge in [-0.15, -0.1) is 10.2 Å². The van der Waals surface area contributed by atoms with E-state index in [9.17, 15) is 4.79 Å². The zero-order chi connectivity index (χ0) is 23.2. The van der Waals surface area contributed by atoms with Crippen LogP contribution in [0.1, 0.15) is 0 Å². The third kappa shape index (κ3) is 5.09. The van der Waals surface area contributed by atoms with E-state index in [2.05, 4.69) is 15.5 Å². The van der Waals surface area contributed by atoms with Crippen molar-refractivity contribution in [2.75, 3.05) is 31.1 Å². The van der Waals surface area contributed by atoms with E-state index in [-0.39, 0.29) is 11.7 Å². The maximum absolute atomic E-state index is 12.4. The number of nitrogens with one attached hydrogen (secondary N) is 1.